The molecule has 0 saturated carbocycles. The van der Waals surface area contributed by atoms with E-state index in [1.165, 1.54) is 0 Å². The van der Waals surface area contributed by atoms with Crippen molar-refractivity contribution in [1.82, 2.24) is 0 Å². The lowest BCUT2D eigenvalue weighted by molar-refractivity contribution is -0.369. The summed E-state index contributed by atoms with van der Waals surface area (Å²) in [5.74, 6) is -0.458. The number of rotatable bonds is 12. The van der Waals surface area contributed by atoms with Crippen LogP contribution in [0, 0.1) is 5.92 Å². The molecule has 7 rings (SSSR count). The molecule has 0 bridgehead atoms. The highest BCUT2D eigenvalue weighted by molar-refractivity contribution is 5.14. The summed E-state index contributed by atoms with van der Waals surface area (Å²) in [7, 11) is 1.62. The van der Waals surface area contributed by atoms with Gasteiger partial charge in [-0.05, 0) is 72.6 Å². The summed E-state index contributed by atoms with van der Waals surface area (Å²) in [4.78, 5) is 0. The highest BCUT2D eigenvalue weighted by Gasteiger charge is 2.64. The van der Waals surface area contributed by atoms with Crippen molar-refractivity contribution in [2.24, 2.45) is 11.7 Å². The van der Waals surface area contributed by atoms with Gasteiger partial charge in [-0.1, -0.05) is 42.5 Å². The molecular formula is C44H69NO11. The smallest absolute Gasteiger partial charge is 0.118 e. The summed E-state index contributed by atoms with van der Waals surface area (Å²) >= 11 is 0. The van der Waals surface area contributed by atoms with Crippen LogP contribution in [0.1, 0.15) is 105 Å². The molecule has 0 aromatic carbocycles. The molecule has 0 amide bonds. The molecule has 0 aromatic heterocycles. The molecule has 12 heteroatoms. The van der Waals surface area contributed by atoms with Crippen LogP contribution in [0.15, 0.2) is 49.1 Å². The van der Waals surface area contributed by atoms with E-state index in [4.69, 9.17) is 43.6 Å². The van der Waals surface area contributed by atoms with Gasteiger partial charge in [0.1, 0.15) is 11.8 Å². The summed E-state index contributed by atoms with van der Waals surface area (Å²) in [5, 5.41) is 31.2. The zero-order valence-corrected chi connectivity index (χ0v) is 34.2. The van der Waals surface area contributed by atoms with E-state index in [1.54, 1.807) is 7.11 Å². The number of hydrogen-bond acceptors (Lipinski definition) is 12. The Bertz CT molecular complexity index is 1440. The third-order valence-electron chi connectivity index (χ3n) is 14.1. The van der Waals surface area contributed by atoms with Crippen molar-refractivity contribution in [3.8, 4) is 0 Å². The van der Waals surface area contributed by atoms with Gasteiger partial charge in [-0.25, -0.2) is 0 Å². The molecule has 7 aliphatic rings. The van der Waals surface area contributed by atoms with Gasteiger partial charge in [-0.15, -0.1) is 6.58 Å². The van der Waals surface area contributed by atoms with Gasteiger partial charge in [0, 0.05) is 51.7 Å². The number of allylic oxidation sites excluding steroid dienone is 4. The third kappa shape index (κ3) is 8.56. The van der Waals surface area contributed by atoms with Gasteiger partial charge in [-0.2, -0.15) is 0 Å². The van der Waals surface area contributed by atoms with E-state index in [9.17, 15) is 15.3 Å². The normalized spacial score (nSPS) is 48.1. The fourth-order valence-corrected chi connectivity index (χ4v) is 11.0. The van der Waals surface area contributed by atoms with Crippen LogP contribution >= 0.6 is 0 Å². The molecule has 7 heterocycles. The summed E-state index contributed by atoms with van der Waals surface area (Å²) in [6.45, 7) is 12.2. The van der Waals surface area contributed by atoms with Gasteiger partial charge in [0.2, 0.25) is 0 Å². The standard InChI is InChI=1S/C44H69NO11/c1-7-8-9-10-11-14-30(49-6)29(40(45)48)17-15-27-16-19-36-42(3,54-27)26-43(4)37(53-36)20-18-31-33(55-43)23-32-34(51-31)25-41(2)38(52-32)24-39-44(5,56-41)35(47)22-28(50-39)13-12-21-46/h7,9-11,14-15,17,27-40,46-48H,1,8,12-13,16,18-26,45H2,2-6H3/b10-9-,14-11-,17-15-/t27-,28+,29?,30-,31-,32-,33+,34+,35+,36-,37+,38+,39-,40?,41-,42+,43-,44+/m1/s1. The van der Waals surface area contributed by atoms with Crippen LogP contribution in [0.2, 0.25) is 0 Å². The van der Waals surface area contributed by atoms with E-state index in [2.05, 4.69) is 27.4 Å². The molecule has 12 nitrogen and oxygen atoms in total. The van der Waals surface area contributed by atoms with Crippen LogP contribution in [0.25, 0.3) is 0 Å². The van der Waals surface area contributed by atoms with E-state index >= 15 is 0 Å². The van der Waals surface area contributed by atoms with E-state index in [1.807, 2.05) is 49.5 Å². The molecule has 7 aliphatic heterocycles. The maximum atomic E-state index is 11.3. The number of hydrogen-bond donors (Lipinski definition) is 4. The van der Waals surface area contributed by atoms with E-state index in [-0.39, 0.29) is 67.6 Å². The van der Waals surface area contributed by atoms with Crippen LogP contribution in [0.4, 0.5) is 0 Å². The van der Waals surface area contributed by atoms with Crippen molar-refractivity contribution in [3.05, 3.63) is 49.1 Å². The Labute approximate surface area is 333 Å². The van der Waals surface area contributed by atoms with Gasteiger partial charge >= 0.3 is 0 Å². The number of ether oxygens (including phenoxy) is 8. The average Bonchev–Trinajstić information content (AvgIpc) is 3.27. The molecule has 0 aromatic rings. The summed E-state index contributed by atoms with van der Waals surface area (Å²) in [5.41, 5.74) is 3.39. The van der Waals surface area contributed by atoms with E-state index < -0.39 is 46.8 Å². The van der Waals surface area contributed by atoms with E-state index in [0.717, 1.165) is 32.1 Å². The predicted molar refractivity (Wildman–Crippen MR) is 210 cm³/mol. The van der Waals surface area contributed by atoms with Crippen LogP contribution < -0.4 is 5.73 Å². The Kier molecular flexibility index (Phi) is 13.1. The molecular weight excluding hydrogens is 718 g/mol. The Balaban J connectivity index is 1.00. The molecule has 0 radical (unpaired) electrons. The number of aliphatic hydroxyl groups excluding tert-OH is 3. The second-order valence-electron chi connectivity index (χ2n) is 18.4. The fraction of sp³-hybridized carbons (Fsp3) is 0.818. The van der Waals surface area contributed by atoms with Crippen molar-refractivity contribution in [2.75, 3.05) is 13.7 Å². The molecule has 5 N–H and O–H groups in total. The number of methoxy groups -OCH3 is 1. The maximum absolute atomic E-state index is 11.3. The van der Waals surface area contributed by atoms with Gasteiger partial charge in [0.05, 0.1) is 90.1 Å². The highest BCUT2D eigenvalue weighted by Crippen LogP contribution is 2.53. The molecule has 0 aliphatic carbocycles. The van der Waals surface area contributed by atoms with Gasteiger partial charge in [0.25, 0.3) is 0 Å². The Morgan fingerprint density at radius 2 is 1.59 bits per heavy atom. The number of aliphatic hydroxyl groups is 3. The van der Waals surface area contributed by atoms with E-state index in [0.29, 0.717) is 44.9 Å². The Morgan fingerprint density at radius 1 is 0.821 bits per heavy atom. The zero-order chi connectivity index (χ0) is 39.9. The third-order valence-corrected chi connectivity index (χ3v) is 14.1. The predicted octanol–water partition coefficient (Wildman–Crippen LogP) is 4.72. The number of nitrogens with two attached hydrogens (primary N) is 1. The molecule has 316 valence electrons. The minimum atomic E-state index is -1.11. The zero-order valence-electron chi connectivity index (χ0n) is 34.2. The van der Waals surface area contributed by atoms with Crippen molar-refractivity contribution >= 4 is 0 Å². The Morgan fingerprint density at radius 3 is 2.32 bits per heavy atom. The number of fused-ring (bicyclic) bond motifs is 6. The first-order valence-corrected chi connectivity index (χ1v) is 21.3. The van der Waals surface area contributed by atoms with Gasteiger partial charge in [0.15, 0.2) is 0 Å². The first-order valence-electron chi connectivity index (χ1n) is 21.3. The lowest BCUT2D eigenvalue weighted by Gasteiger charge is -2.61. The van der Waals surface area contributed by atoms with Crippen LogP contribution in [0.5, 0.6) is 0 Å². The minimum Gasteiger partial charge on any atom is -0.396 e. The van der Waals surface area contributed by atoms with Crippen molar-refractivity contribution in [3.63, 3.8) is 0 Å². The van der Waals surface area contributed by atoms with Crippen molar-refractivity contribution in [2.45, 2.75) is 207 Å². The molecule has 2 unspecified atom stereocenters. The SMILES string of the molecule is C=CC/C=C\C=C/[C@@H](OC)C(/C=C\[C@@H]1CC[C@H]2O[C@H]3CC[C@H]4O[C@H]5C[C@@]6(C)O[C@@]7(C)[C@@H](O)C[C@H](CCCO)O[C@@H]7C[C@@H]6O[C@@H]5C[C@@H]4O[C@]3(C)C[C@]2(C)O1)C(N)O. The van der Waals surface area contributed by atoms with Gasteiger partial charge in [-0.3, -0.25) is 0 Å². The molecule has 7 saturated heterocycles. The minimum absolute atomic E-state index is 0.0698. The molecule has 56 heavy (non-hydrogen) atoms. The molecule has 18 atom stereocenters. The largest absolute Gasteiger partial charge is 0.396 e. The molecule has 7 fully saturated rings. The quantitative estimate of drug-likeness (QED) is 0.123. The second kappa shape index (κ2) is 17.2. The van der Waals surface area contributed by atoms with Crippen LogP contribution in [-0.4, -0.2) is 131 Å². The highest BCUT2D eigenvalue weighted by atomic mass is 16.6. The van der Waals surface area contributed by atoms with Crippen molar-refractivity contribution in [1.29, 1.82) is 0 Å². The first-order chi connectivity index (χ1) is 26.7. The lowest BCUT2D eigenvalue weighted by Crippen LogP contribution is -2.72. The second-order valence-corrected chi connectivity index (χ2v) is 18.4. The Hall–Kier alpha value is -1.52. The summed E-state index contributed by atoms with van der Waals surface area (Å²) in [6, 6.07) is 0. The molecule has 0 spiro atoms. The van der Waals surface area contributed by atoms with Crippen LogP contribution in [-0.2, 0) is 37.9 Å². The fourth-order valence-electron chi connectivity index (χ4n) is 11.0. The first kappa shape index (κ1) is 42.6. The topological polar surface area (TPSA) is 161 Å². The summed E-state index contributed by atoms with van der Waals surface area (Å²) in [6.07, 6.45) is 18.3. The average molecular weight is 788 g/mol. The lowest BCUT2D eigenvalue weighted by atomic mass is 9.72. The van der Waals surface area contributed by atoms with Gasteiger partial charge < -0.3 is 58.9 Å². The summed E-state index contributed by atoms with van der Waals surface area (Å²) < 4.78 is 53.8. The monoisotopic (exact) mass is 787 g/mol. The van der Waals surface area contributed by atoms with Crippen LogP contribution in [0.3, 0.4) is 0 Å². The maximum Gasteiger partial charge on any atom is 0.118 e. The van der Waals surface area contributed by atoms with Crippen molar-refractivity contribution < 1.29 is 53.2 Å².